The van der Waals surface area contributed by atoms with Gasteiger partial charge in [-0.3, -0.25) is 4.98 Å². The third-order valence-electron chi connectivity index (χ3n) is 6.11. The summed E-state index contributed by atoms with van der Waals surface area (Å²) < 4.78 is 69.8. The first kappa shape index (κ1) is 18.8. The molecule has 2 aliphatic heterocycles. The number of aromatic nitrogens is 4. The molecule has 1 saturated heterocycles. The Labute approximate surface area is 197 Å². The molecule has 0 radical (unpaired) electrons. The molecule has 2 aliphatic rings. The summed E-state index contributed by atoms with van der Waals surface area (Å²) in [6.07, 6.45) is 5.22. The summed E-state index contributed by atoms with van der Waals surface area (Å²) >= 11 is 0. The number of sulfonamides is 1. The van der Waals surface area contributed by atoms with Crippen LogP contribution in [0.4, 0.5) is 4.39 Å². The van der Waals surface area contributed by atoms with Crippen LogP contribution in [-0.4, -0.2) is 52.1 Å². The van der Waals surface area contributed by atoms with E-state index in [1.54, 1.807) is 18.3 Å². The Hall–Kier alpha value is -3.57. The standard InChI is InChI=1S/C23H20FN5O4S/c24-18-13-25-9-5-17(18)22-27-19-2-1-8-26-23(19)29(22)15-6-10-28(11-7-15)34(30,31)16-3-4-20-21(12-16)33-14-32-20/h1-5,8-9,12-13,15H,6-7,10-11,14H2/i14D2. The van der Waals surface area contributed by atoms with Crippen LogP contribution < -0.4 is 9.47 Å². The van der Waals surface area contributed by atoms with E-state index in [0.717, 1.165) is 6.20 Å². The molecular formula is C23H20FN5O4S. The quantitative estimate of drug-likeness (QED) is 0.439. The van der Waals surface area contributed by atoms with Crippen LogP contribution in [0.25, 0.3) is 22.6 Å². The number of fused-ring (bicyclic) bond motifs is 2. The maximum atomic E-state index is 14.6. The van der Waals surface area contributed by atoms with Crippen LogP contribution in [0.15, 0.2) is 59.9 Å². The first-order valence-corrected chi connectivity index (χ1v) is 12.1. The van der Waals surface area contributed by atoms with Crippen LogP contribution in [-0.2, 0) is 10.0 Å². The molecule has 1 aromatic carbocycles. The number of pyridine rings is 2. The van der Waals surface area contributed by atoms with Gasteiger partial charge in [0.1, 0.15) is 14.1 Å². The van der Waals surface area contributed by atoms with Crippen molar-refractivity contribution in [1.29, 1.82) is 0 Å². The Morgan fingerprint density at radius 3 is 2.74 bits per heavy atom. The summed E-state index contributed by atoms with van der Waals surface area (Å²) in [5.41, 5.74) is 1.53. The summed E-state index contributed by atoms with van der Waals surface area (Å²) in [6, 6.07) is 9.03. The number of hydrogen-bond acceptors (Lipinski definition) is 7. The topological polar surface area (TPSA) is 99.4 Å². The lowest BCUT2D eigenvalue weighted by molar-refractivity contribution is 0.174. The molecule has 1 fully saturated rings. The molecule has 9 nitrogen and oxygen atoms in total. The first-order chi connectivity index (χ1) is 17.2. The molecule has 6 rings (SSSR count). The highest BCUT2D eigenvalue weighted by atomic mass is 32.2. The predicted molar refractivity (Wildman–Crippen MR) is 120 cm³/mol. The molecule has 0 bridgehead atoms. The van der Waals surface area contributed by atoms with Gasteiger partial charge in [-0.1, -0.05) is 0 Å². The Bertz CT molecular complexity index is 1590. The molecule has 0 spiro atoms. The minimum Gasteiger partial charge on any atom is -0.454 e. The second kappa shape index (κ2) is 8.03. The number of hydrogen-bond donors (Lipinski definition) is 0. The van der Waals surface area contributed by atoms with Gasteiger partial charge < -0.3 is 14.0 Å². The fourth-order valence-corrected chi connectivity index (χ4v) is 5.92. The normalized spacial score (nSPS) is 19.2. The minimum atomic E-state index is -3.86. The van der Waals surface area contributed by atoms with E-state index in [1.807, 2.05) is 10.6 Å². The van der Waals surface area contributed by atoms with Gasteiger partial charge in [-0.15, -0.1) is 0 Å². The lowest BCUT2D eigenvalue weighted by Crippen LogP contribution is -2.39. The van der Waals surface area contributed by atoms with Gasteiger partial charge in [-0.05, 0) is 43.2 Å². The maximum Gasteiger partial charge on any atom is 0.243 e. The van der Waals surface area contributed by atoms with Crippen LogP contribution in [0.1, 0.15) is 21.6 Å². The number of nitrogens with zero attached hydrogens (tertiary/aromatic N) is 5. The third kappa shape index (κ3) is 3.39. The molecule has 4 aromatic rings. The number of benzene rings is 1. The van der Waals surface area contributed by atoms with Crippen LogP contribution in [0, 0.1) is 5.82 Å². The second-order valence-electron chi connectivity index (χ2n) is 8.04. The molecule has 5 heterocycles. The number of piperidine rings is 1. The molecule has 0 aliphatic carbocycles. The monoisotopic (exact) mass is 483 g/mol. The minimum absolute atomic E-state index is 0.00436. The van der Waals surface area contributed by atoms with Crippen molar-refractivity contribution in [2.45, 2.75) is 23.8 Å². The summed E-state index contributed by atoms with van der Waals surface area (Å²) in [4.78, 5) is 12.9. The van der Waals surface area contributed by atoms with Crippen molar-refractivity contribution in [1.82, 2.24) is 23.8 Å². The van der Waals surface area contributed by atoms with Gasteiger partial charge >= 0.3 is 0 Å². The lowest BCUT2D eigenvalue weighted by atomic mass is 10.1. The molecule has 34 heavy (non-hydrogen) atoms. The Balaban J connectivity index is 1.29. The van der Waals surface area contributed by atoms with Crippen LogP contribution in [0.2, 0.25) is 0 Å². The average Bonchev–Trinajstić information content (AvgIpc) is 3.39. The fourth-order valence-electron chi connectivity index (χ4n) is 4.44. The number of halogens is 1. The number of imidazole rings is 1. The molecule has 3 aromatic heterocycles. The van der Waals surface area contributed by atoms with E-state index in [2.05, 4.69) is 15.0 Å². The van der Waals surface area contributed by atoms with Crippen molar-refractivity contribution >= 4 is 21.2 Å². The zero-order valence-electron chi connectivity index (χ0n) is 19.8. The van der Waals surface area contributed by atoms with Crippen molar-refractivity contribution in [2.75, 3.05) is 19.8 Å². The van der Waals surface area contributed by atoms with E-state index in [4.69, 9.17) is 12.2 Å². The molecule has 11 heteroatoms. The zero-order valence-corrected chi connectivity index (χ0v) is 18.6. The van der Waals surface area contributed by atoms with Gasteiger partial charge in [-0.2, -0.15) is 4.31 Å². The lowest BCUT2D eigenvalue weighted by Gasteiger charge is -2.32. The van der Waals surface area contributed by atoms with Crippen molar-refractivity contribution in [3.05, 3.63) is 60.8 Å². The Kier molecular flexibility index (Phi) is 4.44. The van der Waals surface area contributed by atoms with E-state index >= 15 is 0 Å². The maximum absolute atomic E-state index is 14.6. The third-order valence-corrected chi connectivity index (χ3v) is 8.00. The number of rotatable bonds is 4. The second-order valence-corrected chi connectivity index (χ2v) is 9.98. The fraction of sp³-hybridized carbons (Fsp3) is 0.261. The molecule has 0 amide bonds. The van der Waals surface area contributed by atoms with Crippen molar-refractivity contribution in [2.24, 2.45) is 0 Å². The molecule has 0 atom stereocenters. The smallest absolute Gasteiger partial charge is 0.243 e. The van der Waals surface area contributed by atoms with Crippen LogP contribution in [0.5, 0.6) is 11.5 Å². The van der Waals surface area contributed by atoms with Gasteiger partial charge in [0.25, 0.3) is 0 Å². The Morgan fingerprint density at radius 2 is 1.91 bits per heavy atom. The van der Waals surface area contributed by atoms with Gasteiger partial charge in [-0.25, -0.2) is 22.8 Å². The highest BCUT2D eigenvalue weighted by Crippen LogP contribution is 2.37. The van der Waals surface area contributed by atoms with Gasteiger partial charge in [0.15, 0.2) is 23.0 Å². The van der Waals surface area contributed by atoms with E-state index in [-0.39, 0.29) is 35.5 Å². The SMILES string of the molecule is [2H]C1([2H])Oc2ccc(S(=O)(=O)N3CCC(n4c(-c5ccncc5F)nc5cccnc54)CC3)cc2O1. The Morgan fingerprint density at radius 1 is 1.09 bits per heavy atom. The number of ether oxygens (including phenoxy) is 2. The van der Waals surface area contributed by atoms with E-state index in [0.29, 0.717) is 35.4 Å². The van der Waals surface area contributed by atoms with Crippen molar-refractivity contribution < 1.29 is 25.0 Å². The predicted octanol–water partition coefficient (Wildman–Crippen LogP) is 3.39. The highest BCUT2D eigenvalue weighted by Gasteiger charge is 2.33. The van der Waals surface area contributed by atoms with Crippen molar-refractivity contribution in [3.8, 4) is 22.9 Å². The summed E-state index contributed by atoms with van der Waals surface area (Å²) in [6.45, 7) is -1.88. The molecule has 0 saturated carbocycles. The van der Waals surface area contributed by atoms with Crippen LogP contribution in [0.3, 0.4) is 0 Å². The summed E-state index contributed by atoms with van der Waals surface area (Å²) in [7, 11) is -3.86. The highest BCUT2D eigenvalue weighted by molar-refractivity contribution is 7.89. The van der Waals surface area contributed by atoms with Crippen molar-refractivity contribution in [3.63, 3.8) is 0 Å². The largest absolute Gasteiger partial charge is 0.454 e. The van der Waals surface area contributed by atoms with Crippen LogP contribution >= 0.6 is 0 Å². The molecule has 0 unspecified atom stereocenters. The first-order valence-electron chi connectivity index (χ1n) is 11.7. The molecular weight excluding hydrogens is 461 g/mol. The summed E-state index contributed by atoms with van der Waals surface area (Å²) in [5, 5.41) is 0. The van der Waals surface area contributed by atoms with E-state index in [1.165, 1.54) is 28.7 Å². The summed E-state index contributed by atoms with van der Waals surface area (Å²) in [5.74, 6) is 0.111. The zero-order chi connectivity index (χ0) is 25.1. The molecule has 174 valence electrons. The average molecular weight is 484 g/mol. The van der Waals surface area contributed by atoms with E-state index < -0.39 is 22.6 Å². The van der Waals surface area contributed by atoms with Gasteiger partial charge in [0.2, 0.25) is 16.8 Å². The van der Waals surface area contributed by atoms with Gasteiger partial charge in [0, 0.05) is 37.6 Å². The van der Waals surface area contributed by atoms with E-state index in [9.17, 15) is 12.8 Å². The molecule has 0 N–H and O–H groups in total. The van der Waals surface area contributed by atoms with Gasteiger partial charge in [0.05, 0.1) is 16.7 Å².